The summed E-state index contributed by atoms with van der Waals surface area (Å²) < 4.78 is 0. The lowest BCUT2D eigenvalue weighted by atomic mass is 9.89. The van der Waals surface area contributed by atoms with Crippen molar-refractivity contribution in [1.29, 1.82) is 0 Å². The van der Waals surface area contributed by atoms with Crippen molar-refractivity contribution in [3.63, 3.8) is 0 Å². The number of fused-ring (bicyclic) bond motifs is 1. The highest BCUT2D eigenvalue weighted by Gasteiger charge is 2.27. The zero-order valence-corrected chi connectivity index (χ0v) is 10.5. The minimum absolute atomic E-state index is 0.123. The SMILES string of the molecule is CN1C(=O)Cc2cc(C(N)C(C)(C)N)ccc21. The van der Waals surface area contributed by atoms with Crippen LogP contribution in [0.2, 0.25) is 0 Å². The van der Waals surface area contributed by atoms with Gasteiger partial charge in [-0.3, -0.25) is 4.79 Å². The molecule has 0 saturated carbocycles. The first kappa shape index (κ1) is 12.1. The fourth-order valence-electron chi connectivity index (χ4n) is 2.11. The first-order valence-electron chi connectivity index (χ1n) is 5.74. The van der Waals surface area contributed by atoms with Crippen molar-refractivity contribution in [3.8, 4) is 0 Å². The third kappa shape index (κ3) is 2.06. The molecule has 1 heterocycles. The molecule has 0 aromatic heterocycles. The van der Waals surface area contributed by atoms with E-state index >= 15 is 0 Å². The molecule has 1 aliphatic heterocycles. The van der Waals surface area contributed by atoms with Crippen LogP contribution in [0.25, 0.3) is 0 Å². The maximum Gasteiger partial charge on any atom is 0.231 e. The molecule has 0 fully saturated rings. The summed E-state index contributed by atoms with van der Waals surface area (Å²) in [7, 11) is 1.79. The lowest BCUT2D eigenvalue weighted by Crippen LogP contribution is -2.43. The second-order valence-corrected chi connectivity index (χ2v) is 5.32. The molecule has 4 N–H and O–H groups in total. The van der Waals surface area contributed by atoms with Gasteiger partial charge >= 0.3 is 0 Å². The lowest BCUT2D eigenvalue weighted by molar-refractivity contribution is -0.117. The second kappa shape index (κ2) is 3.82. The molecule has 92 valence electrons. The average molecular weight is 233 g/mol. The number of carbonyl (C=O) groups excluding carboxylic acids is 1. The van der Waals surface area contributed by atoms with E-state index in [1.807, 2.05) is 32.0 Å². The quantitative estimate of drug-likeness (QED) is 0.798. The summed E-state index contributed by atoms with van der Waals surface area (Å²) >= 11 is 0. The summed E-state index contributed by atoms with van der Waals surface area (Å²) in [6, 6.07) is 5.67. The Bertz CT molecular complexity index is 462. The fraction of sp³-hybridized carbons (Fsp3) is 0.462. The maximum atomic E-state index is 11.6. The van der Waals surface area contributed by atoms with E-state index in [2.05, 4.69) is 0 Å². The van der Waals surface area contributed by atoms with Crippen molar-refractivity contribution in [3.05, 3.63) is 29.3 Å². The van der Waals surface area contributed by atoms with Crippen LogP contribution in [-0.2, 0) is 11.2 Å². The molecule has 4 heteroatoms. The van der Waals surface area contributed by atoms with Gasteiger partial charge in [-0.05, 0) is 31.0 Å². The highest BCUT2D eigenvalue weighted by atomic mass is 16.2. The largest absolute Gasteiger partial charge is 0.324 e. The van der Waals surface area contributed by atoms with Crippen molar-refractivity contribution in [2.75, 3.05) is 11.9 Å². The van der Waals surface area contributed by atoms with Crippen LogP contribution in [0.15, 0.2) is 18.2 Å². The number of amides is 1. The molecule has 2 rings (SSSR count). The molecule has 0 aliphatic carbocycles. The van der Waals surface area contributed by atoms with Crippen molar-refractivity contribution in [2.24, 2.45) is 11.5 Å². The third-order valence-electron chi connectivity index (χ3n) is 3.34. The van der Waals surface area contributed by atoms with E-state index in [0.29, 0.717) is 6.42 Å². The molecule has 1 amide bonds. The molecular weight excluding hydrogens is 214 g/mol. The summed E-state index contributed by atoms with van der Waals surface area (Å²) in [5.41, 5.74) is 14.6. The molecule has 0 bridgehead atoms. The van der Waals surface area contributed by atoms with Crippen molar-refractivity contribution in [1.82, 2.24) is 0 Å². The fourth-order valence-corrected chi connectivity index (χ4v) is 2.11. The molecule has 1 unspecified atom stereocenters. The molecule has 17 heavy (non-hydrogen) atoms. The summed E-state index contributed by atoms with van der Waals surface area (Å²) in [5.74, 6) is 0.123. The smallest absolute Gasteiger partial charge is 0.231 e. The van der Waals surface area contributed by atoms with Gasteiger partial charge in [0.25, 0.3) is 0 Å². The van der Waals surface area contributed by atoms with Crippen molar-refractivity contribution < 1.29 is 4.79 Å². The third-order valence-corrected chi connectivity index (χ3v) is 3.34. The second-order valence-electron chi connectivity index (χ2n) is 5.32. The molecular formula is C13H19N3O. The highest BCUT2D eigenvalue weighted by molar-refractivity contribution is 6.00. The van der Waals surface area contributed by atoms with Gasteiger partial charge in [0.1, 0.15) is 0 Å². The Kier molecular flexibility index (Phi) is 2.72. The Morgan fingerprint density at radius 3 is 2.65 bits per heavy atom. The predicted molar refractivity (Wildman–Crippen MR) is 68.8 cm³/mol. The van der Waals surface area contributed by atoms with Crippen molar-refractivity contribution >= 4 is 11.6 Å². The number of benzene rings is 1. The molecule has 0 saturated heterocycles. The van der Waals surface area contributed by atoms with Crippen LogP contribution in [-0.4, -0.2) is 18.5 Å². The van der Waals surface area contributed by atoms with Crippen LogP contribution >= 0.6 is 0 Å². The summed E-state index contributed by atoms with van der Waals surface area (Å²) in [6.45, 7) is 3.81. The Balaban J connectivity index is 2.37. The number of hydrogen-bond donors (Lipinski definition) is 2. The Morgan fingerprint density at radius 2 is 2.06 bits per heavy atom. The predicted octanol–water partition coefficient (Wildman–Crippen LogP) is 0.943. The molecule has 1 atom stereocenters. The van der Waals surface area contributed by atoms with Crippen LogP contribution in [0.1, 0.15) is 31.0 Å². The standard InChI is InChI=1S/C13H19N3O/c1-13(2,15)12(14)8-4-5-10-9(6-8)7-11(17)16(10)3/h4-6,12H,7,14-15H2,1-3H3. The maximum absolute atomic E-state index is 11.6. The minimum Gasteiger partial charge on any atom is -0.324 e. The van der Waals surface area contributed by atoms with Gasteiger partial charge in [-0.1, -0.05) is 12.1 Å². The van der Waals surface area contributed by atoms with Gasteiger partial charge in [0.05, 0.1) is 6.42 Å². The number of anilines is 1. The minimum atomic E-state index is -0.469. The number of carbonyl (C=O) groups is 1. The van der Waals surface area contributed by atoms with Gasteiger partial charge in [0.15, 0.2) is 0 Å². The van der Waals surface area contributed by atoms with Crippen LogP contribution in [0, 0.1) is 0 Å². The van der Waals surface area contributed by atoms with Crippen LogP contribution in [0.3, 0.4) is 0 Å². The van der Waals surface area contributed by atoms with E-state index in [-0.39, 0.29) is 11.9 Å². The first-order valence-corrected chi connectivity index (χ1v) is 5.74. The van der Waals surface area contributed by atoms with Gasteiger partial charge in [-0.15, -0.1) is 0 Å². The van der Waals surface area contributed by atoms with Gasteiger partial charge in [0.2, 0.25) is 5.91 Å². The van der Waals surface area contributed by atoms with Gasteiger partial charge in [0, 0.05) is 24.3 Å². The number of nitrogens with zero attached hydrogens (tertiary/aromatic N) is 1. The molecule has 0 spiro atoms. The van der Waals surface area contributed by atoms with Crippen LogP contribution in [0.5, 0.6) is 0 Å². The molecule has 1 aliphatic rings. The average Bonchev–Trinajstić information content (AvgIpc) is 2.52. The van der Waals surface area contributed by atoms with Crippen molar-refractivity contribution in [2.45, 2.75) is 31.8 Å². The first-order chi connectivity index (χ1) is 7.80. The summed E-state index contributed by atoms with van der Waals surface area (Å²) in [6.07, 6.45) is 0.456. The van der Waals surface area contributed by atoms with Gasteiger partial charge < -0.3 is 16.4 Å². The number of rotatable bonds is 2. The topological polar surface area (TPSA) is 72.3 Å². The molecule has 1 aromatic rings. The van der Waals surface area contributed by atoms with Gasteiger partial charge in [-0.2, -0.15) is 0 Å². The van der Waals surface area contributed by atoms with E-state index in [1.54, 1.807) is 11.9 Å². The molecule has 4 nitrogen and oxygen atoms in total. The number of nitrogens with two attached hydrogens (primary N) is 2. The van der Waals surface area contributed by atoms with E-state index in [4.69, 9.17) is 11.5 Å². The zero-order valence-electron chi connectivity index (χ0n) is 10.5. The molecule has 0 radical (unpaired) electrons. The number of likely N-dealkylation sites (N-methyl/N-ethyl adjacent to an activating group) is 1. The van der Waals surface area contributed by atoms with Crippen LogP contribution < -0.4 is 16.4 Å². The Labute approximate surface area is 102 Å². The van der Waals surface area contributed by atoms with E-state index in [9.17, 15) is 4.79 Å². The zero-order chi connectivity index (χ0) is 12.8. The van der Waals surface area contributed by atoms with E-state index in [1.165, 1.54) is 0 Å². The molecule has 1 aromatic carbocycles. The van der Waals surface area contributed by atoms with E-state index < -0.39 is 5.54 Å². The summed E-state index contributed by atoms with van der Waals surface area (Å²) in [4.78, 5) is 13.3. The number of hydrogen-bond acceptors (Lipinski definition) is 3. The monoisotopic (exact) mass is 233 g/mol. The van der Waals surface area contributed by atoms with Crippen LogP contribution in [0.4, 0.5) is 5.69 Å². The Morgan fingerprint density at radius 1 is 1.41 bits per heavy atom. The Hall–Kier alpha value is -1.39. The van der Waals surface area contributed by atoms with E-state index in [0.717, 1.165) is 16.8 Å². The summed E-state index contributed by atoms with van der Waals surface area (Å²) in [5, 5.41) is 0. The highest BCUT2D eigenvalue weighted by Crippen LogP contribution is 2.31. The normalized spacial score (nSPS) is 17.2. The lowest BCUT2D eigenvalue weighted by Gasteiger charge is -2.27. The van der Waals surface area contributed by atoms with Gasteiger partial charge in [-0.25, -0.2) is 0 Å².